The molecule has 4 nitrogen and oxygen atoms in total. The van der Waals surface area contributed by atoms with Crippen LogP contribution >= 0.6 is 11.3 Å². The molecule has 0 spiro atoms. The van der Waals surface area contributed by atoms with Gasteiger partial charge in [-0.2, -0.15) is 0 Å². The Hall–Kier alpha value is -7.99. The van der Waals surface area contributed by atoms with Crippen molar-refractivity contribution in [3.8, 4) is 39.1 Å². The van der Waals surface area contributed by atoms with Crippen LogP contribution in [0.15, 0.2) is 228 Å². The molecule has 0 aliphatic rings. The highest BCUT2D eigenvalue weighted by Crippen LogP contribution is 2.44. The average Bonchev–Trinajstić information content (AvgIpc) is 3.89. The van der Waals surface area contributed by atoms with Gasteiger partial charge in [-0.3, -0.25) is 5.41 Å². The summed E-state index contributed by atoms with van der Waals surface area (Å²) < 4.78 is 4.90. The minimum absolute atomic E-state index is 0.143. The molecule has 0 fully saturated rings. The molecule has 0 radical (unpaired) electrons. The maximum Gasteiger partial charge on any atom is 0.162 e. The lowest BCUT2D eigenvalue weighted by Gasteiger charge is -2.15. The largest absolute Gasteiger partial charge is 0.308 e. The van der Waals surface area contributed by atoms with Crippen LogP contribution in [-0.2, 0) is 0 Å². The van der Waals surface area contributed by atoms with Crippen LogP contribution in [0, 0.1) is 5.41 Å². The molecular weight excluding hydrogens is 773 g/mol. The van der Waals surface area contributed by atoms with Gasteiger partial charge in [0.15, 0.2) is 11.7 Å². The van der Waals surface area contributed by atoms with Gasteiger partial charge in [0.25, 0.3) is 0 Å². The maximum atomic E-state index is 9.23. The summed E-state index contributed by atoms with van der Waals surface area (Å²) in [4.78, 5) is 10.1. The summed E-state index contributed by atoms with van der Waals surface area (Å²) >= 11 is 1.84. The standard InChI is InChI=1S/C57H38N4S/c58-56(40-21-9-3-10-22-40)60-57(59-37-38-17-5-1-6-18-38)51-36-41(45-26-14-13-25-44(45)39-19-7-2-8-20-39)29-31-46(51)42-30-34-53-50(35-42)49-33-32-48-47-27-15-16-28-52(47)61(54(48)55(49)62-53)43-23-11-4-12-24-43/h1-37,58H. The van der Waals surface area contributed by atoms with Gasteiger partial charge < -0.3 is 4.57 Å². The Morgan fingerprint density at radius 2 is 1.10 bits per heavy atom. The van der Waals surface area contributed by atoms with Crippen LogP contribution in [0.4, 0.5) is 0 Å². The second-order valence-corrected chi connectivity index (χ2v) is 16.4. The Kier molecular flexibility index (Phi) is 9.49. The Morgan fingerprint density at radius 3 is 1.87 bits per heavy atom. The van der Waals surface area contributed by atoms with Gasteiger partial charge in [0, 0.05) is 49.3 Å². The van der Waals surface area contributed by atoms with Crippen LogP contribution < -0.4 is 0 Å². The van der Waals surface area contributed by atoms with E-state index in [0.717, 1.165) is 55.8 Å². The summed E-state index contributed by atoms with van der Waals surface area (Å²) in [6.07, 6.45) is 1.85. The Balaban J connectivity index is 1.14. The second-order valence-electron chi connectivity index (χ2n) is 15.3. The second kappa shape index (κ2) is 15.9. The van der Waals surface area contributed by atoms with Crippen molar-refractivity contribution in [1.82, 2.24) is 4.57 Å². The predicted octanol–water partition coefficient (Wildman–Crippen LogP) is 15.0. The molecule has 5 heteroatoms. The number of aliphatic imine (C=N–C) groups is 2. The highest BCUT2D eigenvalue weighted by atomic mass is 32.1. The van der Waals surface area contributed by atoms with Crippen molar-refractivity contribution in [3.63, 3.8) is 0 Å². The smallest absolute Gasteiger partial charge is 0.162 e. The first-order valence-corrected chi connectivity index (χ1v) is 21.5. The van der Waals surface area contributed by atoms with E-state index >= 15 is 0 Å². The molecule has 1 N–H and O–H groups in total. The fraction of sp³-hybridized carbons (Fsp3) is 0. The van der Waals surface area contributed by atoms with Gasteiger partial charge in [0.2, 0.25) is 0 Å². The van der Waals surface area contributed by atoms with Crippen molar-refractivity contribution in [2.24, 2.45) is 9.98 Å². The molecule has 0 amide bonds. The lowest BCUT2D eigenvalue weighted by atomic mass is 9.90. The monoisotopic (exact) mass is 810 g/mol. The average molecular weight is 811 g/mol. The van der Waals surface area contributed by atoms with E-state index in [0.29, 0.717) is 5.84 Å². The lowest BCUT2D eigenvalue weighted by Crippen LogP contribution is -2.07. The van der Waals surface area contributed by atoms with E-state index in [9.17, 15) is 5.41 Å². The van der Waals surface area contributed by atoms with Crippen LogP contribution in [-0.4, -0.2) is 22.5 Å². The summed E-state index contributed by atoms with van der Waals surface area (Å²) in [5.41, 5.74) is 12.5. The van der Waals surface area contributed by atoms with Crippen molar-refractivity contribution < 1.29 is 0 Å². The minimum Gasteiger partial charge on any atom is -0.308 e. The highest BCUT2D eigenvalue weighted by molar-refractivity contribution is 7.26. The van der Waals surface area contributed by atoms with Crippen molar-refractivity contribution in [1.29, 1.82) is 5.41 Å². The summed E-state index contributed by atoms with van der Waals surface area (Å²) in [7, 11) is 0. The van der Waals surface area contributed by atoms with E-state index in [1.807, 2.05) is 84.3 Å². The molecule has 292 valence electrons. The van der Waals surface area contributed by atoms with Crippen LogP contribution in [0.1, 0.15) is 16.7 Å². The number of amidine groups is 2. The fourth-order valence-corrected chi connectivity index (χ4v) is 9.87. The van der Waals surface area contributed by atoms with E-state index in [1.54, 1.807) is 0 Å². The molecular formula is C57H38N4S. The molecule has 0 aliphatic heterocycles. The molecule has 2 aromatic heterocycles. The summed E-state index contributed by atoms with van der Waals surface area (Å²) in [6, 6.07) is 76.2. The van der Waals surface area contributed by atoms with E-state index in [2.05, 4.69) is 156 Å². The number of fused-ring (bicyclic) bond motifs is 7. The van der Waals surface area contributed by atoms with Crippen molar-refractivity contribution in [2.45, 2.75) is 0 Å². The van der Waals surface area contributed by atoms with E-state index in [-0.39, 0.29) is 5.84 Å². The zero-order valence-corrected chi connectivity index (χ0v) is 34.4. The number of nitrogens with zero attached hydrogens (tertiary/aromatic N) is 3. The Morgan fingerprint density at radius 1 is 0.484 bits per heavy atom. The zero-order valence-electron chi connectivity index (χ0n) is 33.6. The molecule has 0 saturated heterocycles. The molecule has 11 aromatic rings. The third-order valence-electron chi connectivity index (χ3n) is 11.6. The Labute approximate surface area is 363 Å². The van der Waals surface area contributed by atoms with Gasteiger partial charge in [0.1, 0.15) is 0 Å². The van der Waals surface area contributed by atoms with E-state index < -0.39 is 0 Å². The molecule has 0 bridgehead atoms. The van der Waals surface area contributed by atoms with Crippen molar-refractivity contribution >= 4 is 71.2 Å². The quantitative estimate of drug-likeness (QED) is 0.123. The SMILES string of the molecule is N=C(N=C(N=Cc1ccccc1)c1cc(-c2ccccc2-c2ccccc2)ccc1-c1ccc2sc3c(ccc4c5ccccc5n(-c5ccccc5)c43)c2c1)c1ccccc1. The predicted molar refractivity (Wildman–Crippen MR) is 264 cm³/mol. The molecule has 0 atom stereocenters. The van der Waals surface area contributed by atoms with Crippen LogP contribution in [0.5, 0.6) is 0 Å². The lowest BCUT2D eigenvalue weighted by molar-refractivity contribution is 1.19. The number of benzene rings is 9. The van der Waals surface area contributed by atoms with Gasteiger partial charge in [-0.1, -0.05) is 182 Å². The molecule has 11 rings (SSSR count). The number of thiophene rings is 1. The summed E-state index contributed by atoms with van der Waals surface area (Å²) in [5, 5.41) is 14.1. The summed E-state index contributed by atoms with van der Waals surface area (Å²) in [6.45, 7) is 0. The van der Waals surface area contributed by atoms with Crippen molar-refractivity contribution in [2.75, 3.05) is 0 Å². The number of aromatic nitrogens is 1. The highest BCUT2D eigenvalue weighted by Gasteiger charge is 2.20. The fourth-order valence-electron chi connectivity index (χ4n) is 8.65. The topological polar surface area (TPSA) is 53.5 Å². The summed E-state index contributed by atoms with van der Waals surface area (Å²) in [5.74, 6) is 0.602. The number of rotatable bonds is 7. The third-order valence-corrected chi connectivity index (χ3v) is 12.8. The van der Waals surface area contributed by atoms with Crippen LogP contribution in [0.2, 0.25) is 0 Å². The number of hydrogen-bond donors (Lipinski definition) is 1. The number of hydrogen-bond acceptors (Lipinski definition) is 2. The zero-order chi connectivity index (χ0) is 41.4. The normalized spacial score (nSPS) is 12.0. The van der Waals surface area contributed by atoms with Gasteiger partial charge in [-0.15, -0.1) is 11.3 Å². The van der Waals surface area contributed by atoms with Gasteiger partial charge in [0.05, 0.1) is 15.7 Å². The molecule has 0 unspecified atom stereocenters. The minimum atomic E-state index is 0.143. The molecule has 0 saturated carbocycles. The number of para-hydroxylation sites is 2. The molecule has 2 heterocycles. The number of nitrogens with one attached hydrogen (secondary N) is 1. The van der Waals surface area contributed by atoms with Crippen LogP contribution in [0.3, 0.4) is 0 Å². The van der Waals surface area contributed by atoms with Crippen LogP contribution in [0.25, 0.3) is 81.0 Å². The molecule has 9 aromatic carbocycles. The van der Waals surface area contributed by atoms with Gasteiger partial charge in [-0.05, 0) is 75.3 Å². The van der Waals surface area contributed by atoms with Gasteiger partial charge >= 0.3 is 0 Å². The first-order chi connectivity index (χ1) is 30.7. The third kappa shape index (κ3) is 6.71. The van der Waals surface area contributed by atoms with E-state index in [1.165, 1.54) is 42.0 Å². The first kappa shape index (κ1) is 37.0. The maximum absolute atomic E-state index is 9.23. The Bertz CT molecular complexity index is 3510. The molecule has 62 heavy (non-hydrogen) atoms. The van der Waals surface area contributed by atoms with E-state index in [4.69, 9.17) is 9.98 Å². The first-order valence-electron chi connectivity index (χ1n) is 20.7. The molecule has 0 aliphatic carbocycles. The van der Waals surface area contributed by atoms with Gasteiger partial charge in [-0.25, -0.2) is 9.98 Å². The van der Waals surface area contributed by atoms with Crippen molar-refractivity contribution in [3.05, 3.63) is 235 Å².